The summed E-state index contributed by atoms with van der Waals surface area (Å²) >= 11 is 0. The van der Waals surface area contributed by atoms with Gasteiger partial charge in [0.2, 0.25) is 5.91 Å². The molecule has 0 aromatic heterocycles. The maximum absolute atomic E-state index is 11.8. The van der Waals surface area contributed by atoms with Crippen LogP contribution in [0.25, 0.3) is 0 Å². The van der Waals surface area contributed by atoms with E-state index in [0.717, 1.165) is 12.8 Å². The molecule has 19 heavy (non-hydrogen) atoms. The Morgan fingerprint density at radius 3 is 2.21 bits per heavy atom. The summed E-state index contributed by atoms with van der Waals surface area (Å²) in [5, 5.41) is 11.4. The van der Waals surface area contributed by atoms with E-state index in [1.54, 1.807) is 14.1 Å². The topological polar surface area (TPSA) is 90.0 Å². The Morgan fingerprint density at radius 2 is 1.79 bits per heavy atom. The molecule has 0 radical (unpaired) electrons. The third-order valence-electron chi connectivity index (χ3n) is 2.66. The van der Waals surface area contributed by atoms with Crippen molar-refractivity contribution in [1.82, 2.24) is 15.1 Å². The van der Waals surface area contributed by atoms with Gasteiger partial charge in [0.15, 0.2) is 0 Å². The van der Waals surface area contributed by atoms with Crippen molar-refractivity contribution in [3.63, 3.8) is 0 Å². The minimum Gasteiger partial charge on any atom is -0.480 e. The zero-order valence-corrected chi connectivity index (χ0v) is 12.0. The summed E-state index contributed by atoms with van der Waals surface area (Å²) < 4.78 is 0. The van der Waals surface area contributed by atoms with Crippen molar-refractivity contribution in [3.05, 3.63) is 0 Å². The molecule has 0 aromatic rings. The number of hydrogen-bond acceptors (Lipinski definition) is 3. The Bertz CT molecular complexity index is 331. The Kier molecular flexibility index (Phi) is 7.55. The molecule has 0 saturated carbocycles. The monoisotopic (exact) mass is 273 g/mol. The molecule has 2 N–H and O–H groups in total. The lowest BCUT2D eigenvalue weighted by Gasteiger charge is -2.22. The van der Waals surface area contributed by atoms with Gasteiger partial charge in [-0.1, -0.05) is 19.8 Å². The van der Waals surface area contributed by atoms with Gasteiger partial charge in [-0.2, -0.15) is 0 Å². The first-order valence-corrected chi connectivity index (χ1v) is 6.24. The molecule has 7 nitrogen and oxygen atoms in total. The van der Waals surface area contributed by atoms with Gasteiger partial charge in [0, 0.05) is 21.1 Å². The van der Waals surface area contributed by atoms with Crippen LogP contribution in [-0.4, -0.2) is 66.5 Å². The van der Waals surface area contributed by atoms with Gasteiger partial charge in [-0.3, -0.25) is 4.79 Å². The SMILES string of the molecule is CCCC[C@H](NC(=O)N(C)CC(=O)N(C)C)C(=O)O. The first-order chi connectivity index (χ1) is 8.79. The molecule has 0 aliphatic rings. The summed E-state index contributed by atoms with van der Waals surface area (Å²) in [5.41, 5.74) is 0. The number of urea groups is 1. The zero-order valence-electron chi connectivity index (χ0n) is 12.0. The first kappa shape index (κ1) is 17.2. The van der Waals surface area contributed by atoms with E-state index in [-0.39, 0.29) is 12.5 Å². The molecule has 0 unspecified atom stereocenters. The maximum atomic E-state index is 11.8. The smallest absolute Gasteiger partial charge is 0.326 e. The fraction of sp³-hybridized carbons (Fsp3) is 0.750. The lowest BCUT2D eigenvalue weighted by Crippen LogP contribution is -2.49. The number of carboxylic acid groups (broad SMARTS) is 1. The van der Waals surface area contributed by atoms with Gasteiger partial charge in [-0.15, -0.1) is 0 Å². The quantitative estimate of drug-likeness (QED) is 0.700. The van der Waals surface area contributed by atoms with Gasteiger partial charge in [-0.25, -0.2) is 9.59 Å². The van der Waals surface area contributed by atoms with E-state index in [4.69, 9.17) is 5.11 Å². The molecule has 0 bridgehead atoms. The number of carbonyl (C=O) groups is 3. The average molecular weight is 273 g/mol. The Labute approximate surface area is 113 Å². The molecule has 0 aromatic carbocycles. The summed E-state index contributed by atoms with van der Waals surface area (Å²) in [5.74, 6) is -1.28. The second kappa shape index (κ2) is 8.34. The van der Waals surface area contributed by atoms with E-state index in [2.05, 4.69) is 5.32 Å². The maximum Gasteiger partial charge on any atom is 0.326 e. The van der Waals surface area contributed by atoms with Gasteiger partial charge in [-0.05, 0) is 6.42 Å². The number of hydrogen-bond donors (Lipinski definition) is 2. The molecule has 1 atom stereocenters. The summed E-state index contributed by atoms with van der Waals surface area (Å²) in [6.07, 6.45) is 1.96. The molecule has 0 saturated heterocycles. The minimum atomic E-state index is -1.06. The first-order valence-electron chi connectivity index (χ1n) is 6.24. The van der Waals surface area contributed by atoms with Gasteiger partial charge in [0.25, 0.3) is 0 Å². The minimum absolute atomic E-state index is 0.0844. The Balaban J connectivity index is 4.38. The van der Waals surface area contributed by atoms with Crippen LogP contribution in [0.15, 0.2) is 0 Å². The van der Waals surface area contributed by atoms with Crippen molar-refractivity contribution in [2.24, 2.45) is 0 Å². The third kappa shape index (κ3) is 6.64. The summed E-state index contributed by atoms with van der Waals surface area (Å²) in [6.45, 7) is 1.86. The van der Waals surface area contributed by atoms with Crippen molar-refractivity contribution in [2.75, 3.05) is 27.7 Å². The van der Waals surface area contributed by atoms with Crippen LogP contribution in [0, 0.1) is 0 Å². The number of likely N-dealkylation sites (N-methyl/N-ethyl adjacent to an activating group) is 2. The predicted molar refractivity (Wildman–Crippen MR) is 70.8 cm³/mol. The molecule has 0 aliphatic heterocycles. The molecule has 7 heteroatoms. The highest BCUT2D eigenvalue weighted by Crippen LogP contribution is 2.02. The normalized spacial score (nSPS) is 11.6. The number of unbranched alkanes of at least 4 members (excludes halogenated alkanes) is 1. The van der Waals surface area contributed by atoms with Crippen LogP contribution in [-0.2, 0) is 9.59 Å². The summed E-state index contributed by atoms with van der Waals surface area (Å²) in [7, 11) is 4.64. The van der Waals surface area contributed by atoms with E-state index in [0.29, 0.717) is 6.42 Å². The van der Waals surface area contributed by atoms with Crippen molar-refractivity contribution in [2.45, 2.75) is 32.2 Å². The van der Waals surface area contributed by atoms with Gasteiger partial charge >= 0.3 is 12.0 Å². The molecule has 0 fully saturated rings. The highest BCUT2D eigenvalue weighted by Gasteiger charge is 2.22. The Morgan fingerprint density at radius 1 is 1.21 bits per heavy atom. The third-order valence-corrected chi connectivity index (χ3v) is 2.66. The van der Waals surface area contributed by atoms with Crippen LogP contribution >= 0.6 is 0 Å². The van der Waals surface area contributed by atoms with Gasteiger partial charge in [0.05, 0.1) is 0 Å². The fourth-order valence-electron chi connectivity index (χ4n) is 1.34. The van der Waals surface area contributed by atoms with Crippen molar-refractivity contribution in [1.29, 1.82) is 0 Å². The molecule has 0 spiro atoms. The molecular weight excluding hydrogens is 250 g/mol. The van der Waals surface area contributed by atoms with Gasteiger partial charge < -0.3 is 20.2 Å². The second-order valence-corrected chi connectivity index (χ2v) is 4.63. The fourth-order valence-corrected chi connectivity index (χ4v) is 1.34. The van der Waals surface area contributed by atoms with Crippen molar-refractivity contribution < 1.29 is 19.5 Å². The number of aliphatic carboxylic acids is 1. The zero-order chi connectivity index (χ0) is 15.0. The molecule has 0 heterocycles. The van der Waals surface area contributed by atoms with Crippen LogP contribution in [0.4, 0.5) is 4.79 Å². The number of carboxylic acids is 1. The largest absolute Gasteiger partial charge is 0.480 e. The average Bonchev–Trinajstić information content (AvgIpc) is 2.33. The van der Waals surface area contributed by atoms with E-state index < -0.39 is 18.0 Å². The molecule has 0 aliphatic carbocycles. The number of rotatable bonds is 7. The standard InChI is InChI=1S/C12H23N3O4/c1-5-6-7-9(11(17)18)13-12(19)15(4)8-10(16)14(2)3/h9H,5-8H2,1-4H3,(H,13,19)(H,17,18)/t9-/m0/s1. The lowest BCUT2D eigenvalue weighted by molar-refractivity contribution is -0.139. The van der Waals surface area contributed by atoms with Crippen molar-refractivity contribution in [3.8, 4) is 0 Å². The van der Waals surface area contributed by atoms with E-state index in [1.807, 2.05) is 6.92 Å². The van der Waals surface area contributed by atoms with Crippen LogP contribution in [0.5, 0.6) is 0 Å². The van der Waals surface area contributed by atoms with Crippen LogP contribution < -0.4 is 5.32 Å². The van der Waals surface area contributed by atoms with E-state index in [1.165, 1.54) is 16.8 Å². The molecular formula is C12H23N3O4. The lowest BCUT2D eigenvalue weighted by atomic mass is 10.1. The number of nitrogens with zero attached hydrogens (tertiary/aromatic N) is 2. The van der Waals surface area contributed by atoms with E-state index >= 15 is 0 Å². The van der Waals surface area contributed by atoms with Crippen molar-refractivity contribution >= 4 is 17.9 Å². The Hall–Kier alpha value is -1.79. The number of nitrogens with one attached hydrogen (secondary N) is 1. The highest BCUT2D eigenvalue weighted by molar-refractivity contribution is 5.86. The highest BCUT2D eigenvalue weighted by atomic mass is 16.4. The summed E-state index contributed by atoms with van der Waals surface area (Å²) in [4.78, 5) is 36.7. The second-order valence-electron chi connectivity index (χ2n) is 4.63. The predicted octanol–water partition coefficient (Wildman–Crippen LogP) is 0.359. The molecule has 110 valence electrons. The van der Waals surface area contributed by atoms with Crippen LogP contribution in [0.2, 0.25) is 0 Å². The molecule has 3 amide bonds. The number of amides is 3. The number of carbonyl (C=O) groups excluding carboxylic acids is 2. The van der Waals surface area contributed by atoms with E-state index in [9.17, 15) is 14.4 Å². The van der Waals surface area contributed by atoms with Gasteiger partial charge in [0.1, 0.15) is 12.6 Å². The van der Waals surface area contributed by atoms with Crippen LogP contribution in [0.1, 0.15) is 26.2 Å². The summed E-state index contributed by atoms with van der Waals surface area (Å²) in [6, 6.07) is -1.47. The van der Waals surface area contributed by atoms with Crippen LogP contribution in [0.3, 0.4) is 0 Å². The molecule has 0 rings (SSSR count).